The van der Waals surface area contributed by atoms with Gasteiger partial charge < -0.3 is 10.3 Å². The van der Waals surface area contributed by atoms with E-state index in [1.165, 1.54) is 37.3 Å². The number of anilines is 1. The van der Waals surface area contributed by atoms with Crippen molar-refractivity contribution in [1.82, 2.24) is 9.97 Å². The van der Waals surface area contributed by atoms with E-state index in [9.17, 15) is 0 Å². The minimum absolute atomic E-state index is 0.593. The summed E-state index contributed by atoms with van der Waals surface area (Å²) in [5.41, 5.74) is 3.17. The van der Waals surface area contributed by atoms with Crippen LogP contribution in [-0.4, -0.2) is 16.0 Å². The molecule has 0 amide bonds. The Morgan fingerprint density at radius 1 is 1.45 bits per heavy atom. The van der Waals surface area contributed by atoms with Gasteiger partial charge in [0.1, 0.15) is 5.65 Å². The number of fused-ring (bicyclic) bond motifs is 1. The fourth-order valence-electron chi connectivity index (χ4n) is 2.85. The summed E-state index contributed by atoms with van der Waals surface area (Å²) in [7, 11) is 0. The van der Waals surface area contributed by atoms with Crippen LogP contribution in [0.2, 0.25) is 0 Å². The molecule has 0 aromatic carbocycles. The molecule has 1 aliphatic carbocycles. The molecule has 0 bridgehead atoms. The second-order valence-electron chi connectivity index (χ2n) is 5.30. The zero-order valence-corrected chi connectivity index (χ0v) is 11.4. The molecule has 0 saturated heterocycles. The molecule has 1 saturated carbocycles. The zero-order chi connectivity index (χ0) is 13.8. The maximum absolute atomic E-state index is 8.54. The average Bonchev–Trinajstić information content (AvgIpc) is 3.09. The van der Waals surface area contributed by atoms with Crippen molar-refractivity contribution in [3.63, 3.8) is 0 Å². The number of hydrogen-bond acceptors (Lipinski definition) is 3. The molecule has 1 fully saturated rings. The highest BCUT2D eigenvalue weighted by Crippen LogP contribution is 2.25. The third kappa shape index (κ3) is 2.67. The molecule has 0 aliphatic heterocycles. The van der Waals surface area contributed by atoms with Gasteiger partial charge in [-0.05, 0) is 30.9 Å². The molecule has 4 nitrogen and oxygen atoms in total. The molecule has 0 atom stereocenters. The van der Waals surface area contributed by atoms with E-state index in [1.807, 2.05) is 24.5 Å². The third-order valence-electron chi connectivity index (χ3n) is 3.87. The molecule has 3 rings (SSSR count). The summed E-state index contributed by atoms with van der Waals surface area (Å²) in [6.45, 7) is 0. The predicted molar refractivity (Wildman–Crippen MR) is 80.4 cm³/mol. The van der Waals surface area contributed by atoms with E-state index < -0.39 is 0 Å². The number of aromatic amines is 1. The Morgan fingerprint density at radius 3 is 3.10 bits per heavy atom. The van der Waals surface area contributed by atoms with E-state index in [2.05, 4.69) is 21.4 Å². The van der Waals surface area contributed by atoms with Crippen LogP contribution in [0.15, 0.2) is 30.6 Å². The topological polar surface area (TPSA) is 64.5 Å². The summed E-state index contributed by atoms with van der Waals surface area (Å²) in [5.74, 6) is 0. The van der Waals surface area contributed by atoms with Crippen LogP contribution in [0.25, 0.3) is 11.0 Å². The Morgan fingerprint density at radius 2 is 2.30 bits per heavy atom. The summed E-state index contributed by atoms with van der Waals surface area (Å²) >= 11 is 0. The fourth-order valence-corrected chi connectivity index (χ4v) is 2.85. The number of H-pyrrole nitrogens is 1. The number of rotatable bonds is 4. The number of nitriles is 1. The Kier molecular flexibility index (Phi) is 3.69. The highest BCUT2D eigenvalue weighted by molar-refractivity contribution is 5.83. The Balaban J connectivity index is 1.82. The number of nitrogens with zero attached hydrogens (tertiary/aromatic N) is 2. The largest absolute Gasteiger partial charge is 0.381 e. The van der Waals surface area contributed by atoms with E-state index in [0.717, 1.165) is 23.1 Å². The molecular formula is C16H18N4. The normalized spacial score (nSPS) is 15.9. The van der Waals surface area contributed by atoms with Gasteiger partial charge in [0.05, 0.1) is 18.0 Å². The van der Waals surface area contributed by atoms with Crippen molar-refractivity contribution in [1.29, 1.82) is 5.26 Å². The van der Waals surface area contributed by atoms with Crippen LogP contribution in [0.1, 0.15) is 31.2 Å². The smallest absolute Gasteiger partial charge is 0.137 e. The number of nitrogens with one attached hydrogen (secondary N) is 2. The summed E-state index contributed by atoms with van der Waals surface area (Å²) in [6, 6.07) is 4.77. The zero-order valence-electron chi connectivity index (χ0n) is 11.4. The molecule has 2 aromatic heterocycles. The predicted octanol–water partition coefficient (Wildman–Crippen LogP) is 3.54. The lowest BCUT2D eigenvalue weighted by Crippen LogP contribution is -2.14. The molecule has 2 aromatic rings. The SMILES string of the molecule is N#CC=CCc1c[nH]c2ncc(NC3CCCC3)cc12. The first-order valence-electron chi connectivity index (χ1n) is 7.14. The Hall–Kier alpha value is -2.28. The molecule has 0 unspecified atom stereocenters. The van der Waals surface area contributed by atoms with Gasteiger partial charge in [-0.2, -0.15) is 5.26 Å². The van der Waals surface area contributed by atoms with Gasteiger partial charge in [-0.25, -0.2) is 4.98 Å². The van der Waals surface area contributed by atoms with Crippen LogP contribution < -0.4 is 5.32 Å². The van der Waals surface area contributed by atoms with Gasteiger partial charge in [-0.15, -0.1) is 0 Å². The molecule has 0 radical (unpaired) electrons. The standard InChI is InChI=1S/C16H18N4/c17-8-4-3-5-12-10-18-16-15(12)9-14(11-19-16)20-13-6-1-2-7-13/h3-4,9-11,13,20H,1-2,5-7H2,(H,18,19). The van der Waals surface area contributed by atoms with Crippen molar-refractivity contribution in [2.75, 3.05) is 5.32 Å². The summed E-state index contributed by atoms with van der Waals surface area (Å²) in [5, 5.41) is 13.2. The molecule has 4 heteroatoms. The molecule has 20 heavy (non-hydrogen) atoms. The molecular weight excluding hydrogens is 248 g/mol. The lowest BCUT2D eigenvalue weighted by Gasteiger charge is -2.13. The summed E-state index contributed by atoms with van der Waals surface area (Å²) in [4.78, 5) is 7.65. The fraction of sp³-hybridized carbons (Fsp3) is 0.375. The van der Waals surface area contributed by atoms with Gasteiger partial charge in [-0.1, -0.05) is 18.9 Å². The lowest BCUT2D eigenvalue weighted by atomic mass is 10.1. The van der Waals surface area contributed by atoms with Gasteiger partial charge >= 0.3 is 0 Å². The summed E-state index contributed by atoms with van der Waals surface area (Å²) in [6.07, 6.45) is 13.2. The second kappa shape index (κ2) is 5.79. The van der Waals surface area contributed by atoms with Gasteiger partial charge in [0.25, 0.3) is 0 Å². The first-order valence-corrected chi connectivity index (χ1v) is 7.14. The Bertz CT molecular complexity index is 657. The van der Waals surface area contributed by atoms with Crippen LogP contribution in [0.5, 0.6) is 0 Å². The van der Waals surface area contributed by atoms with Gasteiger partial charge in [0.2, 0.25) is 0 Å². The van der Waals surface area contributed by atoms with E-state index in [1.54, 1.807) is 0 Å². The van der Waals surface area contributed by atoms with Gasteiger partial charge in [0.15, 0.2) is 0 Å². The van der Waals surface area contributed by atoms with Crippen molar-refractivity contribution in [3.8, 4) is 6.07 Å². The van der Waals surface area contributed by atoms with Crippen molar-refractivity contribution < 1.29 is 0 Å². The number of hydrogen-bond donors (Lipinski definition) is 2. The highest BCUT2D eigenvalue weighted by Gasteiger charge is 2.15. The number of allylic oxidation sites excluding steroid dienone is 2. The van der Waals surface area contributed by atoms with Gasteiger partial charge in [0, 0.05) is 23.7 Å². The average molecular weight is 266 g/mol. The van der Waals surface area contributed by atoms with Crippen molar-refractivity contribution in [2.45, 2.75) is 38.1 Å². The number of aromatic nitrogens is 2. The quantitative estimate of drug-likeness (QED) is 0.832. The van der Waals surface area contributed by atoms with E-state index in [-0.39, 0.29) is 0 Å². The Labute approximate surface area is 118 Å². The minimum Gasteiger partial charge on any atom is -0.381 e. The second-order valence-corrected chi connectivity index (χ2v) is 5.30. The summed E-state index contributed by atoms with van der Waals surface area (Å²) < 4.78 is 0. The molecule has 0 spiro atoms. The van der Waals surface area contributed by atoms with E-state index in [0.29, 0.717) is 6.04 Å². The number of pyridine rings is 1. The van der Waals surface area contributed by atoms with Gasteiger partial charge in [-0.3, -0.25) is 0 Å². The van der Waals surface area contributed by atoms with Crippen LogP contribution in [0.4, 0.5) is 5.69 Å². The van der Waals surface area contributed by atoms with Crippen molar-refractivity contribution >= 4 is 16.7 Å². The molecule has 2 heterocycles. The van der Waals surface area contributed by atoms with Crippen LogP contribution in [-0.2, 0) is 6.42 Å². The lowest BCUT2D eigenvalue weighted by molar-refractivity contribution is 0.755. The molecule has 1 aliphatic rings. The van der Waals surface area contributed by atoms with Crippen LogP contribution in [0, 0.1) is 11.3 Å². The molecule has 102 valence electrons. The van der Waals surface area contributed by atoms with Crippen LogP contribution >= 0.6 is 0 Å². The highest BCUT2D eigenvalue weighted by atomic mass is 14.9. The van der Waals surface area contributed by atoms with E-state index in [4.69, 9.17) is 5.26 Å². The van der Waals surface area contributed by atoms with Crippen LogP contribution in [0.3, 0.4) is 0 Å². The monoisotopic (exact) mass is 266 g/mol. The van der Waals surface area contributed by atoms with Crippen molar-refractivity contribution in [3.05, 3.63) is 36.2 Å². The first-order chi connectivity index (χ1) is 9.86. The maximum Gasteiger partial charge on any atom is 0.137 e. The minimum atomic E-state index is 0.593. The van der Waals surface area contributed by atoms with E-state index >= 15 is 0 Å². The first kappa shape index (κ1) is 12.7. The van der Waals surface area contributed by atoms with Crippen molar-refractivity contribution in [2.24, 2.45) is 0 Å². The molecule has 2 N–H and O–H groups in total. The third-order valence-corrected chi connectivity index (χ3v) is 3.87. The maximum atomic E-state index is 8.54.